The van der Waals surface area contributed by atoms with Crippen molar-refractivity contribution < 1.29 is 13.9 Å². The average Bonchev–Trinajstić information content (AvgIpc) is 1.97. The van der Waals surface area contributed by atoms with Gasteiger partial charge in [-0.25, -0.2) is 8.78 Å². The van der Waals surface area contributed by atoms with Gasteiger partial charge in [-0.05, 0) is 13.8 Å². The van der Waals surface area contributed by atoms with Crippen molar-refractivity contribution in [1.29, 1.82) is 0 Å². The molecule has 3 N–H and O–H groups in total. The molecule has 0 saturated carbocycles. The molecule has 2 nitrogen and oxygen atoms in total. The molecule has 0 radical (unpaired) electrons. The molecule has 1 rings (SSSR count). The normalized spacial score (nSPS) is 11.9. The first kappa shape index (κ1) is 11.2. The second kappa shape index (κ2) is 3.37. The van der Waals surface area contributed by atoms with Crippen molar-refractivity contribution >= 4 is 11.6 Å². The maximum absolute atomic E-state index is 13.4. The summed E-state index contributed by atoms with van der Waals surface area (Å²) in [5.41, 5.74) is 4.29. The van der Waals surface area contributed by atoms with Crippen LogP contribution < -0.4 is 5.73 Å². The van der Waals surface area contributed by atoms with Crippen LogP contribution in [-0.2, 0) is 5.54 Å². The predicted molar refractivity (Wildman–Crippen MR) is 50.2 cm³/mol. The van der Waals surface area contributed by atoms with Crippen LogP contribution in [0, 0.1) is 11.6 Å². The molecule has 0 aliphatic heterocycles. The fraction of sp³-hybridized carbons (Fsp3) is 0.333. The van der Waals surface area contributed by atoms with Crippen molar-refractivity contribution in [1.82, 2.24) is 0 Å². The third-order valence-electron chi connectivity index (χ3n) is 1.79. The van der Waals surface area contributed by atoms with E-state index >= 15 is 0 Å². The van der Waals surface area contributed by atoms with Gasteiger partial charge in [0.2, 0.25) is 0 Å². The van der Waals surface area contributed by atoms with Crippen molar-refractivity contribution in [2.24, 2.45) is 5.73 Å². The first-order chi connectivity index (χ1) is 6.25. The van der Waals surface area contributed by atoms with Gasteiger partial charge in [-0.15, -0.1) is 0 Å². The molecule has 14 heavy (non-hydrogen) atoms. The van der Waals surface area contributed by atoms with Crippen molar-refractivity contribution in [3.05, 3.63) is 28.3 Å². The fourth-order valence-corrected chi connectivity index (χ4v) is 1.34. The van der Waals surface area contributed by atoms with E-state index in [-0.39, 0.29) is 5.56 Å². The second-order valence-corrected chi connectivity index (χ2v) is 3.98. The largest absolute Gasteiger partial charge is 0.507 e. The Morgan fingerprint density at radius 2 is 1.93 bits per heavy atom. The van der Waals surface area contributed by atoms with Crippen molar-refractivity contribution in [2.75, 3.05) is 0 Å². The highest BCUT2D eigenvalue weighted by atomic mass is 35.5. The number of nitrogens with two attached hydrogens (primary N) is 1. The number of phenolic OH excluding ortho intramolecular Hbond substituents is 1. The van der Waals surface area contributed by atoms with Crippen molar-refractivity contribution in [3.63, 3.8) is 0 Å². The van der Waals surface area contributed by atoms with E-state index < -0.39 is 27.9 Å². The SMILES string of the molecule is CC(C)(N)c1c(O)cc(F)c(Cl)c1F. The first-order valence-corrected chi connectivity index (χ1v) is 4.28. The van der Waals surface area contributed by atoms with Crippen LogP contribution in [0.3, 0.4) is 0 Å². The topological polar surface area (TPSA) is 46.2 Å². The van der Waals surface area contributed by atoms with Gasteiger partial charge >= 0.3 is 0 Å². The molecule has 0 spiro atoms. The molecule has 0 fully saturated rings. The summed E-state index contributed by atoms with van der Waals surface area (Å²) in [5.74, 6) is -2.55. The molecule has 0 aromatic heterocycles. The molecule has 1 aromatic carbocycles. The Morgan fingerprint density at radius 1 is 1.43 bits per heavy atom. The molecular weight excluding hydrogens is 212 g/mol. The lowest BCUT2D eigenvalue weighted by atomic mass is 9.94. The molecule has 78 valence electrons. The number of rotatable bonds is 1. The average molecular weight is 222 g/mol. The van der Waals surface area contributed by atoms with Crippen LogP contribution in [0.2, 0.25) is 5.02 Å². The number of benzene rings is 1. The smallest absolute Gasteiger partial charge is 0.153 e. The molecule has 0 unspecified atom stereocenters. The molecule has 0 heterocycles. The monoisotopic (exact) mass is 221 g/mol. The number of phenols is 1. The summed E-state index contributed by atoms with van der Waals surface area (Å²) in [6, 6.07) is 0.745. The molecular formula is C9H10ClF2NO. The summed E-state index contributed by atoms with van der Waals surface area (Å²) >= 11 is 5.34. The molecule has 1 aromatic rings. The number of hydrogen-bond donors (Lipinski definition) is 2. The van der Waals surface area contributed by atoms with Gasteiger partial charge in [0.1, 0.15) is 16.6 Å². The number of halogens is 3. The minimum atomic E-state index is -1.12. The van der Waals surface area contributed by atoms with E-state index in [9.17, 15) is 13.9 Å². The van der Waals surface area contributed by atoms with Crippen molar-refractivity contribution in [2.45, 2.75) is 19.4 Å². The van der Waals surface area contributed by atoms with Gasteiger partial charge < -0.3 is 10.8 Å². The summed E-state index contributed by atoms with van der Waals surface area (Å²) < 4.78 is 26.2. The molecule has 0 aliphatic rings. The quantitative estimate of drug-likeness (QED) is 0.716. The molecule has 0 aliphatic carbocycles. The van der Waals surface area contributed by atoms with Gasteiger partial charge in [-0.1, -0.05) is 11.6 Å². The zero-order valence-corrected chi connectivity index (χ0v) is 8.49. The summed E-state index contributed by atoms with van der Waals surface area (Å²) in [6.45, 7) is 2.97. The van der Waals surface area contributed by atoms with Crippen molar-refractivity contribution in [3.8, 4) is 5.75 Å². The Balaban J connectivity index is 3.53. The lowest BCUT2D eigenvalue weighted by Gasteiger charge is -2.21. The van der Waals surface area contributed by atoms with Gasteiger partial charge in [0.05, 0.1) is 5.56 Å². The Bertz CT molecular complexity index is 374. The van der Waals surface area contributed by atoms with Crippen LogP contribution in [0.25, 0.3) is 0 Å². The Hall–Kier alpha value is -0.870. The number of aromatic hydroxyl groups is 1. The number of hydrogen-bond acceptors (Lipinski definition) is 2. The van der Waals surface area contributed by atoms with E-state index in [1.807, 2.05) is 0 Å². The summed E-state index contributed by atoms with van der Waals surface area (Å²) in [5, 5.41) is 8.66. The zero-order valence-electron chi connectivity index (χ0n) is 7.74. The van der Waals surface area contributed by atoms with E-state index in [1.165, 1.54) is 13.8 Å². The minimum Gasteiger partial charge on any atom is -0.507 e. The lowest BCUT2D eigenvalue weighted by Crippen LogP contribution is -2.30. The standard InChI is InChI=1S/C9H10ClF2NO/c1-9(2,13)6-5(14)3-4(11)7(10)8(6)12/h3,14H,13H2,1-2H3. The Labute approximate surface area is 85.3 Å². The van der Waals surface area contributed by atoms with Gasteiger partial charge in [-0.2, -0.15) is 0 Å². The van der Waals surface area contributed by atoms with Gasteiger partial charge in [0.25, 0.3) is 0 Å². The van der Waals surface area contributed by atoms with Crippen LogP contribution >= 0.6 is 11.6 Å². The third-order valence-corrected chi connectivity index (χ3v) is 2.13. The highest BCUT2D eigenvalue weighted by Gasteiger charge is 2.26. The van der Waals surface area contributed by atoms with Gasteiger partial charge in [0, 0.05) is 11.6 Å². The van der Waals surface area contributed by atoms with Crippen LogP contribution in [0.15, 0.2) is 6.07 Å². The van der Waals surface area contributed by atoms with E-state index in [4.69, 9.17) is 17.3 Å². The van der Waals surface area contributed by atoms with E-state index in [2.05, 4.69) is 0 Å². The van der Waals surface area contributed by atoms with Crippen LogP contribution in [0.1, 0.15) is 19.4 Å². The molecule has 0 atom stereocenters. The molecule has 0 saturated heterocycles. The van der Waals surface area contributed by atoms with Crippen LogP contribution in [0.5, 0.6) is 5.75 Å². The van der Waals surface area contributed by atoms with E-state index in [1.54, 1.807) is 0 Å². The third kappa shape index (κ3) is 1.81. The first-order valence-electron chi connectivity index (χ1n) is 3.91. The van der Waals surface area contributed by atoms with Crippen LogP contribution in [0.4, 0.5) is 8.78 Å². The zero-order chi connectivity index (χ0) is 11.1. The van der Waals surface area contributed by atoms with E-state index in [0.717, 1.165) is 6.07 Å². The van der Waals surface area contributed by atoms with Gasteiger partial charge in [0.15, 0.2) is 5.82 Å². The molecule has 5 heteroatoms. The maximum Gasteiger partial charge on any atom is 0.153 e. The maximum atomic E-state index is 13.4. The predicted octanol–water partition coefficient (Wildman–Crippen LogP) is 2.52. The summed E-state index contributed by atoms with van der Waals surface area (Å²) in [4.78, 5) is 0. The highest BCUT2D eigenvalue weighted by Crippen LogP contribution is 2.35. The van der Waals surface area contributed by atoms with Crippen LogP contribution in [-0.4, -0.2) is 5.11 Å². The Kier molecular flexibility index (Phi) is 2.69. The molecule has 0 amide bonds. The Morgan fingerprint density at radius 3 is 2.36 bits per heavy atom. The van der Waals surface area contributed by atoms with Gasteiger partial charge in [-0.3, -0.25) is 0 Å². The second-order valence-electron chi connectivity index (χ2n) is 3.60. The minimum absolute atomic E-state index is 0.191. The summed E-state index contributed by atoms with van der Waals surface area (Å²) in [6.07, 6.45) is 0. The highest BCUT2D eigenvalue weighted by molar-refractivity contribution is 6.31. The molecule has 0 bridgehead atoms. The summed E-state index contributed by atoms with van der Waals surface area (Å²) in [7, 11) is 0. The lowest BCUT2D eigenvalue weighted by molar-refractivity contribution is 0.414. The van der Waals surface area contributed by atoms with E-state index in [0.29, 0.717) is 0 Å². The fourth-order valence-electron chi connectivity index (χ4n) is 1.20.